The normalized spacial score (nSPS) is 19.2. The summed E-state index contributed by atoms with van der Waals surface area (Å²) in [5.41, 5.74) is 1.03. The summed E-state index contributed by atoms with van der Waals surface area (Å²) in [6, 6.07) is 6.85. The van der Waals surface area contributed by atoms with Gasteiger partial charge < -0.3 is 5.11 Å². The van der Waals surface area contributed by atoms with Gasteiger partial charge in [0.25, 0.3) is 0 Å². The Morgan fingerprint density at radius 1 is 1.19 bits per heavy atom. The van der Waals surface area contributed by atoms with E-state index in [1.807, 2.05) is 6.08 Å². The van der Waals surface area contributed by atoms with Gasteiger partial charge in [0.2, 0.25) is 0 Å². The molecule has 0 saturated carbocycles. The van der Waals surface area contributed by atoms with Crippen LogP contribution < -0.4 is 0 Å². The largest absolute Gasteiger partial charge is 0.395 e. The van der Waals surface area contributed by atoms with E-state index in [0.717, 1.165) is 44.7 Å². The molecule has 116 valence electrons. The van der Waals surface area contributed by atoms with Crippen molar-refractivity contribution in [1.82, 2.24) is 9.80 Å². The summed E-state index contributed by atoms with van der Waals surface area (Å²) in [5.74, 6) is -0.197. The Balaban J connectivity index is 1.75. The molecular formula is C17H25FN2O. The van der Waals surface area contributed by atoms with E-state index in [1.165, 1.54) is 12.1 Å². The van der Waals surface area contributed by atoms with E-state index >= 15 is 0 Å². The van der Waals surface area contributed by atoms with Gasteiger partial charge in [-0.1, -0.05) is 31.2 Å². The third kappa shape index (κ3) is 4.92. The van der Waals surface area contributed by atoms with E-state index < -0.39 is 0 Å². The van der Waals surface area contributed by atoms with Crippen molar-refractivity contribution in [3.05, 3.63) is 41.7 Å². The first-order valence-electron chi connectivity index (χ1n) is 7.72. The Hall–Kier alpha value is -1.23. The Kier molecular flexibility index (Phi) is 6.36. The van der Waals surface area contributed by atoms with Crippen molar-refractivity contribution in [2.24, 2.45) is 0 Å². The molecule has 0 spiro atoms. The third-order valence-electron chi connectivity index (χ3n) is 4.15. The van der Waals surface area contributed by atoms with Crippen LogP contribution in [-0.4, -0.2) is 60.3 Å². The van der Waals surface area contributed by atoms with Crippen LogP contribution in [0.15, 0.2) is 30.3 Å². The Bertz CT molecular complexity index is 435. The number of piperazine rings is 1. The highest BCUT2D eigenvalue weighted by Crippen LogP contribution is 2.09. The number of halogens is 1. The van der Waals surface area contributed by atoms with E-state index in [0.29, 0.717) is 6.04 Å². The Morgan fingerprint density at radius 3 is 2.43 bits per heavy atom. The van der Waals surface area contributed by atoms with E-state index in [4.69, 9.17) is 0 Å². The van der Waals surface area contributed by atoms with Crippen molar-refractivity contribution in [2.45, 2.75) is 19.4 Å². The first kappa shape index (κ1) is 16.1. The van der Waals surface area contributed by atoms with Crippen LogP contribution in [0.1, 0.15) is 18.9 Å². The topological polar surface area (TPSA) is 26.7 Å². The molecule has 1 saturated heterocycles. The van der Waals surface area contributed by atoms with Crippen LogP contribution in [0, 0.1) is 5.82 Å². The summed E-state index contributed by atoms with van der Waals surface area (Å²) >= 11 is 0. The maximum Gasteiger partial charge on any atom is 0.123 e. The summed E-state index contributed by atoms with van der Waals surface area (Å²) in [7, 11) is 0. The second-order valence-electron chi connectivity index (χ2n) is 5.54. The van der Waals surface area contributed by atoms with Crippen LogP contribution in [0.2, 0.25) is 0 Å². The van der Waals surface area contributed by atoms with Crippen LogP contribution >= 0.6 is 0 Å². The maximum absolute atomic E-state index is 12.8. The van der Waals surface area contributed by atoms with Crippen molar-refractivity contribution >= 4 is 6.08 Å². The highest BCUT2D eigenvalue weighted by atomic mass is 19.1. The number of aliphatic hydroxyl groups is 1. The van der Waals surface area contributed by atoms with Crippen LogP contribution in [0.5, 0.6) is 0 Å². The molecule has 1 aromatic carbocycles. The molecule has 1 aliphatic rings. The fourth-order valence-electron chi connectivity index (χ4n) is 2.73. The van der Waals surface area contributed by atoms with Crippen LogP contribution in [0.3, 0.4) is 0 Å². The van der Waals surface area contributed by atoms with Gasteiger partial charge in [0, 0.05) is 38.8 Å². The van der Waals surface area contributed by atoms with Gasteiger partial charge in [-0.05, 0) is 24.1 Å². The van der Waals surface area contributed by atoms with Gasteiger partial charge in [-0.3, -0.25) is 9.80 Å². The standard InChI is InChI=1S/C17H25FN2O/c1-2-17(14-21)20-12-10-19(11-13-20)9-3-4-15-5-7-16(18)8-6-15/h3-8,17,21H,2,9-14H2,1H3. The quantitative estimate of drug-likeness (QED) is 0.871. The predicted molar refractivity (Wildman–Crippen MR) is 84.6 cm³/mol. The number of hydrogen-bond donors (Lipinski definition) is 1. The van der Waals surface area contributed by atoms with E-state index in [1.54, 1.807) is 12.1 Å². The van der Waals surface area contributed by atoms with Gasteiger partial charge in [0.1, 0.15) is 5.82 Å². The minimum absolute atomic E-state index is 0.197. The summed E-state index contributed by atoms with van der Waals surface area (Å²) in [6.45, 7) is 7.39. The van der Waals surface area contributed by atoms with E-state index in [2.05, 4.69) is 22.8 Å². The zero-order valence-electron chi connectivity index (χ0n) is 12.7. The summed E-state index contributed by atoms with van der Waals surface area (Å²) in [4.78, 5) is 4.78. The molecule has 0 bridgehead atoms. The zero-order chi connectivity index (χ0) is 15.1. The average molecular weight is 292 g/mol. The highest BCUT2D eigenvalue weighted by Gasteiger charge is 2.21. The molecule has 1 atom stereocenters. The van der Waals surface area contributed by atoms with Crippen molar-refractivity contribution in [3.63, 3.8) is 0 Å². The van der Waals surface area contributed by atoms with Gasteiger partial charge in [0.15, 0.2) is 0 Å². The molecule has 0 aromatic heterocycles. The van der Waals surface area contributed by atoms with Gasteiger partial charge in [-0.15, -0.1) is 0 Å². The van der Waals surface area contributed by atoms with Crippen LogP contribution in [-0.2, 0) is 0 Å². The first-order valence-corrected chi connectivity index (χ1v) is 7.72. The fraction of sp³-hybridized carbons (Fsp3) is 0.529. The Labute approximate surface area is 126 Å². The molecule has 2 rings (SSSR count). The highest BCUT2D eigenvalue weighted by molar-refractivity contribution is 5.48. The molecular weight excluding hydrogens is 267 g/mol. The second kappa shape index (κ2) is 8.27. The van der Waals surface area contributed by atoms with Gasteiger partial charge in [0.05, 0.1) is 6.61 Å². The number of rotatable bonds is 6. The van der Waals surface area contributed by atoms with Gasteiger partial charge >= 0.3 is 0 Å². The number of aliphatic hydroxyl groups excluding tert-OH is 1. The molecule has 1 unspecified atom stereocenters. The van der Waals surface area contributed by atoms with Gasteiger partial charge in [-0.2, -0.15) is 0 Å². The first-order chi connectivity index (χ1) is 10.2. The summed E-state index contributed by atoms with van der Waals surface area (Å²) in [6.07, 6.45) is 5.17. The third-order valence-corrected chi connectivity index (χ3v) is 4.15. The molecule has 1 fully saturated rings. The number of benzene rings is 1. The lowest BCUT2D eigenvalue weighted by Crippen LogP contribution is -2.51. The number of hydrogen-bond acceptors (Lipinski definition) is 3. The Morgan fingerprint density at radius 2 is 1.86 bits per heavy atom. The molecule has 1 N–H and O–H groups in total. The van der Waals surface area contributed by atoms with Crippen molar-refractivity contribution in [1.29, 1.82) is 0 Å². The van der Waals surface area contributed by atoms with Crippen molar-refractivity contribution in [2.75, 3.05) is 39.3 Å². The molecule has 0 aliphatic carbocycles. The maximum atomic E-state index is 12.8. The minimum atomic E-state index is -0.197. The minimum Gasteiger partial charge on any atom is -0.395 e. The van der Waals surface area contributed by atoms with Crippen LogP contribution in [0.4, 0.5) is 4.39 Å². The molecule has 1 aromatic rings. The predicted octanol–water partition coefficient (Wildman–Crippen LogP) is 2.23. The average Bonchev–Trinajstić information content (AvgIpc) is 2.52. The molecule has 0 amide bonds. The molecule has 4 heteroatoms. The second-order valence-corrected chi connectivity index (χ2v) is 5.54. The SMILES string of the molecule is CCC(CO)N1CCN(CC=Cc2ccc(F)cc2)CC1. The lowest BCUT2D eigenvalue weighted by molar-refractivity contribution is 0.0681. The van der Waals surface area contributed by atoms with E-state index in [-0.39, 0.29) is 12.4 Å². The van der Waals surface area contributed by atoms with Crippen molar-refractivity contribution in [3.8, 4) is 0 Å². The molecule has 3 nitrogen and oxygen atoms in total. The van der Waals surface area contributed by atoms with E-state index in [9.17, 15) is 9.50 Å². The monoisotopic (exact) mass is 292 g/mol. The lowest BCUT2D eigenvalue weighted by atomic mass is 10.1. The smallest absolute Gasteiger partial charge is 0.123 e. The fourth-order valence-corrected chi connectivity index (χ4v) is 2.73. The van der Waals surface area contributed by atoms with Gasteiger partial charge in [-0.25, -0.2) is 4.39 Å². The molecule has 1 aliphatic heterocycles. The molecule has 0 radical (unpaired) electrons. The molecule has 21 heavy (non-hydrogen) atoms. The summed E-state index contributed by atoms with van der Waals surface area (Å²) in [5, 5.41) is 9.34. The van der Waals surface area contributed by atoms with Crippen LogP contribution in [0.25, 0.3) is 6.08 Å². The van der Waals surface area contributed by atoms with Crippen molar-refractivity contribution < 1.29 is 9.50 Å². The molecule has 1 heterocycles. The summed E-state index contributed by atoms with van der Waals surface area (Å²) < 4.78 is 12.8. The zero-order valence-corrected chi connectivity index (χ0v) is 12.7. The number of nitrogens with zero attached hydrogens (tertiary/aromatic N) is 2. The lowest BCUT2D eigenvalue weighted by Gasteiger charge is -2.38.